The van der Waals surface area contributed by atoms with Crippen molar-refractivity contribution in [3.05, 3.63) is 68.3 Å². The van der Waals surface area contributed by atoms with Crippen LogP contribution in [0, 0.1) is 13.8 Å². The second-order valence-electron chi connectivity index (χ2n) is 15.7. The minimum Gasteiger partial charge on any atom is -0.504 e. The third kappa shape index (κ3) is 7.35. The molecule has 2 bridgehead atoms. The van der Waals surface area contributed by atoms with Gasteiger partial charge in [-0.25, -0.2) is 4.79 Å². The van der Waals surface area contributed by atoms with Gasteiger partial charge in [0.15, 0.2) is 28.5 Å². The second kappa shape index (κ2) is 17.6. The molecule has 4 atom stereocenters. The maximum atomic E-state index is 14.8. The van der Waals surface area contributed by atoms with Gasteiger partial charge in [-0.2, -0.15) is 0 Å². The summed E-state index contributed by atoms with van der Waals surface area (Å²) in [5.74, 6) is 2.35. The Morgan fingerprint density at radius 2 is 1.81 bits per heavy atom. The summed E-state index contributed by atoms with van der Waals surface area (Å²) in [6.07, 6.45) is 5.03. The molecular formula is C44H57N3O10S. The summed E-state index contributed by atoms with van der Waals surface area (Å²) in [4.78, 5) is 30.1. The van der Waals surface area contributed by atoms with Crippen LogP contribution < -0.4 is 34.3 Å². The number of carbonyl (C=O) groups is 2. The SMILES string of the molecule is CNC.COc1cc2c(cc1CCCCO)CCN[C@]21CSC2c3c(OC(C)=O)c(C)c4c(c3[C@H](COC1=O)N1CCCc3cc(C)c(OC)c(O)c3CC21)OCO4. The van der Waals surface area contributed by atoms with Gasteiger partial charge in [-0.1, -0.05) is 12.1 Å². The Morgan fingerprint density at radius 1 is 1.03 bits per heavy atom. The van der Waals surface area contributed by atoms with Gasteiger partial charge >= 0.3 is 11.9 Å². The number of thioether (sulfide) groups is 1. The number of hydrogen-bond donors (Lipinski definition) is 4. The monoisotopic (exact) mass is 819 g/mol. The molecule has 3 aromatic rings. The van der Waals surface area contributed by atoms with Crippen LogP contribution in [0.2, 0.25) is 0 Å². The Labute approximate surface area is 345 Å². The van der Waals surface area contributed by atoms with E-state index >= 15 is 0 Å². The van der Waals surface area contributed by atoms with Crippen LogP contribution in [0.5, 0.6) is 34.5 Å². The number of nitrogens with zero attached hydrogens (tertiary/aromatic N) is 1. The number of ether oxygens (including phenoxy) is 6. The van der Waals surface area contributed by atoms with Crippen molar-refractivity contribution in [2.75, 3.05) is 67.2 Å². The lowest BCUT2D eigenvalue weighted by Crippen LogP contribution is -2.58. The summed E-state index contributed by atoms with van der Waals surface area (Å²) in [5, 5.41) is 27.2. The van der Waals surface area contributed by atoms with E-state index in [4.69, 9.17) is 28.4 Å². The van der Waals surface area contributed by atoms with Crippen LogP contribution in [0.1, 0.15) is 87.5 Å². The maximum absolute atomic E-state index is 14.8. The zero-order chi connectivity index (χ0) is 41.3. The number of esters is 2. The van der Waals surface area contributed by atoms with Crippen LogP contribution in [-0.4, -0.2) is 100 Å². The van der Waals surface area contributed by atoms with Crippen molar-refractivity contribution in [1.82, 2.24) is 15.5 Å². The first-order valence-electron chi connectivity index (χ1n) is 20.2. The number of aryl methyl sites for hydroxylation is 3. The van der Waals surface area contributed by atoms with E-state index < -0.39 is 17.6 Å². The van der Waals surface area contributed by atoms with Crippen molar-refractivity contribution >= 4 is 23.7 Å². The molecule has 13 nitrogen and oxygen atoms in total. The number of benzene rings is 3. The number of phenolic OH excluding ortho intramolecular Hbond substituents is 1. The summed E-state index contributed by atoms with van der Waals surface area (Å²) in [6.45, 7) is 6.68. The number of fused-ring (bicyclic) bond motifs is 6. The van der Waals surface area contributed by atoms with E-state index in [0.717, 1.165) is 76.6 Å². The summed E-state index contributed by atoms with van der Waals surface area (Å²) in [6, 6.07) is 5.59. The van der Waals surface area contributed by atoms with Crippen molar-refractivity contribution < 1.29 is 48.2 Å². The molecule has 1 spiro atoms. The zero-order valence-electron chi connectivity index (χ0n) is 34.7. The molecule has 6 heterocycles. The molecule has 0 saturated carbocycles. The molecule has 0 amide bonds. The number of rotatable bonds is 7. The van der Waals surface area contributed by atoms with Crippen molar-refractivity contribution in [2.45, 2.75) is 88.6 Å². The molecule has 1 fully saturated rings. The second-order valence-corrected chi connectivity index (χ2v) is 16.8. The largest absolute Gasteiger partial charge is 0.504 e. The van der Waals surface area contributed by atoms with Crippen molar-refractivity contribution in [3.8, 4) is 34.5 Å². The number of hydrogen-bond acceptors (Lipinski definition) is 14. The highest BCUT2D eigenvalue weighted by molar-refractivity contribution is 7.99. The fourth-order valence-corrected chi connectivity index (χ4v) is 11.3. The number of aromatic hydroxyl groups is 1. The first-order chi connectivity index (χ1) is 28.0. The number of carbonyl (C=O) groups excluding carboxylic acids is 2. The molecular weight excluding hydrogens is 763 g/mol. The van der Waals surface area contributed by atoms with Gasteiger partial charge < -0.3 is 44.0 Å². The van der Waals surface area contributed by atoms with Gasteiger partial charge in [-0.15, -0.1) is 11.8 Å². The Balaban J connectivity index is 0.00000166. The number of aliphatic hydroxyl groups is 1. The molecule has 2 unspecified atom stereocenters. The van der Waals surface area contributed by atoms with E-state index in [1.807, 2.05) is 34.0 Å². The van der Waals surface area contributed by atoms with E-state index in [1.165, 1.54) is 6.92 Å². The molecule has 3 aromatic carbocycles. The highest BCUT2D eigenvalue weighted by Gasteiger charge is 2.53. The van der Waals surface area contributed by atoms with Crippen molar-refractivity contribution in [3.63, 3.8) is 0 Å². The van der Waals surface area contributed by atoms with Crippen molar-refractivity contribution in [2.24, 2.45) is 0 Å². The predicted molar refractivity (Wildman–Crippen MR) is 221 cm³/mol. The summed E-state index contributed by atoms with van der Waals surface area (Å²) >= 11 is 1.62. The topological polar surface area (TPSA) is 157 Å². The zero-order valence-corrected chi connectivity index (χ0v) is 35.5. The van der Waals surface area contributed by atoms with Gasteiger partial charge in [0.1, 0.15) is 18.1 Å². The Kier molecular flexibility index (Phi) is 12.7. The third-order valence-corrected chi connectivity index (χ3v) is 13.6. The molecule has 4 N–H and O–H groups in total. The summed E-state index contributed by atoms with van der Waals surface area (Å²) in [7, 11) is 6.97. The van der Waals surface area contributed by atoms with E-state index in [-0.39, 0.29) is 43.0 Å². The molecule has 0 aromatic heterocycles. The Morgan fingerprint density at radius 3 is 2.53 bits per heavy atom. The van der Waals surface area contributed by atoms with Gasteiger partial charge in [0.2, 0.25) is 6.79 Å². The first-order valence-corrected chi connectivity index (χ1v) is 21.3. The fraction of sp³-hybridized carbons (Fsp3) is 0.545. The standard InChI is InChI=1S/C42H50N2O10S.C2H7N/c1-22-15-25-10-8-13-44-30(17-28(25)35(47)36(22)50-5)40-34-33(39-38(52-21-53-39)23(2)37(34)54-24(3)46)31(44)19-51-41(48)42(20-55-40)29-18-32(49-4)27(9-6-7-14-45)16-26(29)11-12-43-42;1-3-2/h15-16,18,30-31,40,43,45,47H,6-14,17,19-21H2,1-5H3;3H,1-2H3/t30?,31-,40?,42+;/m0./s1. The molecule has 314 valence electrons. The number of methoxy groups -OCH3 is 2. The Hall–Kier alpha value is -4.21. The Bertz CT molecular complexity index is 2060. The number of nitrogens with one attached hydrogen (secondary N) is 2. The van der Waals surface area contributed by atoms with Crippen LogP contribution in [0.3, 0.4) is 0 Å². The quantitative estimate of drug-likeness (QED) is 0.142. The smallest absolute Gasteiger partial charge is 0.331 e. The number of aliphatic hydroxyl groups excluding tert-OH is 1. The lowest BCUT2D eigenvalue weighted by molar-refractivity contribution is -0.154. The molecule has 9 rings (SSSR count). The van der Waals surface area contributed by atoms with Crippen molar-refractivity contribution in [1.29, 1.82) is 0 Å². The van der Waals surface area contributed by atoms with Crippen LogP contribution in [0.4, 0.5) is 0 Å². The number of phenols is 1. The fourth-order valence-electron chi connectivity index (χ4n) is 9.60. The van der Waals surface area contributed by atoms with Crippen LogP contribution in [0.25, 0.3) is 0 Å². The maximum Gasteiger partial charge on any atom is 0.331 e. The van der Waals surface area contributed by atoms with E-state index in [0.29, 0.717) is 66.0 Å². The summed E-state index contributed by atoms with van der Waals surface area (Å²) in [5.41, 5.74) is 6.85. The number of unbranched alkanes of at least 4 members (excludes halogenated alkanes) is 1. The molecule has 0 aliphatic carbocycles. The molecule has 6 aliphatic rings. The normalized spacial score (nSPS) is 23.2. The van der Waals surface area contributed by atoms with Crippen LogP contribution >= 0.6 is 11.8 Å². The van der Waals surface area contributed by atoms with E-state index in [1.54, 1.807) is 26.0 Å². The van der Waals surface area contributed by atoms with E-state index in [2.05, 4.69) is 27.7 Å². The van der Waals surface area contributed by atoms with Crippen LogP contribution in [-0.2, 0) is 45.5 Å². The molecule has 14 heteroatoms. The lowest BCUT2D eigenvalue weighted by Gasteiger charge is -2.50. The third-order valence-electron chi connectivity index (χ3n) is 12.1. The average Bonchev–Trinajstić information content (AvgIpc) is 3.69. The summed E-state index contributed by atoms with van der Waals surface area (Å²) < 4.78 is 36.5. The van der Waals surface area contributed by atoms with E-state index in [9.17, 15) is 19.8 Å². The minimum atomic E-state index is -1.20. The van der Waals surface area contributed by atoms with Gasteiger partial charge in [0.05, 0.1) is 20.3 Å². The molecule has 1 saturated heterocycles. The van der Waals surface area contributed by atoms with Gasteiger partial charge in [-0.05, 0) is 113 Å². The average molecular weight is 820 g/mol. The van der Waals surface area contributed by atoms with Crippen LogP contribution in [0.15, 0.2) is 18.2 Å². The van der Waals surface area contributed by atoms with Gasteiger partial charge in [0, 0.05) is 59.4 Å². The predicted octanol–water partition coefficient (Wildman–Crippen LogP) is 5.12. The molecule has 58 heavy (non-hydrogen) atoms. The highest BCUT2D eigenvalue weighted by atomic mass is 32.2. The first kappa shape index (κ1) is 41.9. The lowest BCUT2D eigenvalue weighted by atomic mass is 9.80. The van der Waals surface area contributed by atoms with Gasteiger partial charge in [-0.3, -0.25) is 15.0 Å². The molecule has 6 aliphatic heterocycles. The van der Waals surface area contributed by atoms with Gasteiger partial charge in [0.25, 0.3) is 0 Å². The molecule has 0 radical (unpaired) electrons. The minimum absolute atomic E-state index is 0.0172. The highest BCUT2D eigenvalue weighted by Crippen LogP contribution is 2.60.